The van der Waals surface area contributed by atoms with Crippen molar-refractivity contribution in [1.82, 2.24) is 10.3 Å². The van der Waals surface area contributed by atoms with Crippen LogP contribution in [0.5, 0.6) is 0 Å². The molecule has 0 saturated heterocycles. The zero-order valence-corrected chi connectivity index (χ0v) is 10.0. The highest BCUT2D eigenvalue weighted by molar-refractivity contribution is 5.98. The summed E-state index contributed by atoms with van der Waals surface area (Å²) in [4.78, 5) is 24.4. The summed E-state index contributed by atoms with van der Waals surface area (Å²) in [5.41, 5.74) is -0.566. The smallest absolute Gasteiger partial charge is 0.285 e. The summed E-state index contributed by atoms with van der Waals surface area (Å²) in [5, 5.41) is 13.1. The van der Waals surface area contributed by atoms with Crippen LogP contribution in [0.1, 0.15) is 15.9 Å². The number of halogens is 2. The molecule has 0 aliphatic heterocycles. The van der Waals surface area contributed by atoms with E-state index in [0.717, 1.165) is 5.56 Å². The predicted molar refractivity (Wildman–Crippen MR) is 65.0 cm³/mol. The average molecular weight is 281 g/mol. The minimum atomic E-state index is -1.38. The molecule has 0 radical (unpaired) electrons. The lowest BCUT2D eigenvalue weighted by Crippen LogP contribution is -2.23. The molecule has 0 aliphatic rings. The van der Waals surface area contributed by atoms with Gasteiger partial charge in [-0.2, -0.15) is 0 Å². The van der Waals surface area contributed by atoms with Crippen LogP contribution in [-0.2, 0) is 6.54 Å². The molecular formula is C12H9F2N3O3. The van der Waals surface area contributed by atoms with Gasteiger partial charge in [0, 0.05) is 18.9 Å². The fourth-order valence-electron chi connectivity index (χ4n) is 1.62. The van der Waals surface area contributed by atoms with E-state index < -0.39 is 33.7 Å². The maximum absolute atomic E-state index is 13.1. The molecule has 2 N–H and O–H groups in total. The third kappa shape index (κ3) is 2.79. The van der Waals surface area contributed by atoms with Crippen LogP contribution < -0.4 is 5.32 Å². The normalized spacial score (nSPS) is 10.3. The molecule has 0 fully saturated rings. The van der Waals surface area contributed by atoms with Crippen LogP contribution >= 0.6 is 0 Å². The number of nitro groups is 1. The molecule has 20 heavy (non-hydrogen) atoms. The molecule has 0 bridgehead atoms. The van der Waals surface area contributed by atoms with Crippen LogP contribution in [0.25, 0.3) is 0 Å². The van der Waals surface area contributed by atoms with Gasteiger partial charge < -0.3 is 10.3 Å². The fourth-order valence-corrected chi connectivity index (χ4v) is 1.62. The fraction of sp³-hybridized carbons (Fsp3) is 0.0833. The van der Waals surface area contributed by atoms with Crippen LogP contribution in [0.2, 0.25) is 0 Å². The van der Waals surface area contributed by atoms with Gasteiger partial charge in [0.2, 0.25) is 0 Å². The summed E-state index contributed by atoms with van der Waals surface area (Å²) >= 11 is 0. The second-order valence-electron chi connectivity index (χ2n) is 3.94. The van der Waals surface area contributed by atoms with Crippen molar-refractivity contribution in [2.45, 2.75) is 6.54 Å². The zero-order valence-electron chi connectivity index (χ0n) is 10.0. The molecule has 1 heterocycles. The molecular weight excluding hydrogens is 272 g/mol. The maximum atomic E-state index is 13.1. The van der Waals surface area contributed by atoms with E-state index in [4.69, 9.17) is 0 Å². The minimum Gasteiger partial charge on any atom is -0.367 e. The number of nitro benzene ring substituents is 1. The first kappa shape index (κ1) is 13.7. The summed E-state index contributed by atoms with van der Waals surface area (Å²) in [5.74, 6) is -3.54. The van der Waals surface area contributed by atoms with E-state index in [-0.39, 0.29) is 6.54 Å². The van der Waals surface area contributed by atoms with E-state index in [2.05, 4.69) is 10.3 Å². The number of aromatic amines is 1. The van der Waals surface area contributed by atoms with E-state index in [0.29, 0.717) is 12.1 Å². The summed E-state index contributed by atoms with van der Waals surface area (Å²) in [6.45, 7) is 0.110. The van der Waals surface area contributed by atoms with Crippen molar-refractivity contribution in [3.05, 3.63) is 63.5 Å². The Bertz CT molecular complexity index is 656. The summed E-state index contributed by atoms with van der Waals surface area (Å²) in [6.07, 6.45) is 3.27. The van der Waals surface area contributed by atoms with Gasteiger partial charge in [0.15, 0.2) is 11.6 Å². The van der Waals surface area contributed by atoms with Crippen LogP contribution in [0.4, 0.5) is 14.5 Å². The highest BCUT2D eigenvalue weighted by atomic mass is 19.2. The largest absolute Gasteiger partial charge is 0.367 e. The highest BCUT2D eigenvalue weighted by Crippen LogP contribution is 2.22. The number of nitrogens with zero attached hydrogens (tertiary/aromatic N) is 1. The standard InChI is InChI=1S/C12H9F2N3O3/c13-9-3-8(11(17(19)20)4-10(9)14)12(18)16-6-7-1-2-15-5-7/h1-5,15H,6H2,(H,16,18). The Labute approximate surface area is 111 Å². The van der Waals surface area contributed by atoms with Crippen LogP contribution in [-0.4, -0.2) is 15.8 Å². The molecule has 0 aliphatic carbocycles. The van der Waals surface area contributed by atoms with Gasteiger partial charge in [-0.1, -0.05) is 0 Å². The van der Waals surface area contributed by atoms with Gasteiger partial charge in [-0.05, 0) is 17.7 Å². The monoisotopic (exact) mass is 281 g/mol. The Hall–Kier alpha value is -2.77. The van der Waals surface area contributed by atoms with E-state index in [1.165, 1.54) is 0 Å². The molecule has 1 aromatic carbocycles. The number of nitrogens with one attached hydrogen (secondary N) is 2. The second-order valence-corrected chi connectivity index (χ2v) is 3.94. The number of aromatic nitrogens is 1. The SMILES string of the molecule is O=C(NCc1cc[nH]c1)c1cc(F)c(F)cc1[N+](=O)[O-]. The summed E-state index contributed by atoms with van der Waals surface area (Å²) in [6, 6.07) is 2.60. The molecule has 104 valence electrons. The molecule has 1 amide bonds. The number of carbonyl (C=O) groups is 1. The Morgan fingerprint density at radius 3 is 2.65 bits per heavy atom. The molecule has 6 nitrogen and oxygen atoms in total. The lowest BCUT2D eigenvalue weighted by atomic mass is 10.1. The van der Waals surface area contributed by atoms with Crippen molar-refractivity contribution in [2.75, 3.05) is 0 Å². The van der Waals surface area contributed by atoms with Gasteiger partial charge >= 0.3 is 0 Å². The maximum Gasteiger partial charge on any atom is 0.285 e. The average Bonchev–Trinajstić information content (AvgIpc) is 2.91. The van der Waals surface area contributed by atoms with Crippen molar-refractivity contribution in [1.29, 1.82) is 0 Å². The molecule has 0 saturated carbocycles. The van der Waals surface area contributed by atoms with Gasteiger partial charge in [-0.25, -0.2) is 8.78 Å². The van der Waals surface area contributed by atoms with Crippen molar-refractivity contribution in [3.63, 3.8) is 0 Å². The van der Waals surface area contributed by atoms with E-state index >= 15 is 0 Å². The van der Waals surface area contributed by atoms with Crippen LogP contribution in [0, 0.1) is 21.7 Å². The van der Waals surface area contributed by atoms with Gasteiger partial charge in [0.05, 0.1) is 11.0 Å². The number of carbonyl (C=O) groups excluding carboxylic acids is 1. The quantitative estimate of drug-likeness (QED) is 0.664. The lowest BCUT2D eigenvalue weighted by Gasteiger charge is -2.05. The number of rotatable bonds is 4. The topological polar surface area (TPSA) is 88.0 Å². The number of H-pyrrole nitrogens is 1. The Morgan fingerprint density at radius 2 is 2.05 bits per heavy atom. The van der Waals surface area contributed by atoms with Crippen LogP contribution in [0.15, 0.2) is 30.6 Å². The van der Waals surface area contributed by atoms with Gasteiger partial charge in [-0.15, -0.1) is 0 Å². The summed E-state index contributed by atoms with van der Waals surface area (Å²) < 4.78 is 26.1. The number of amides is 1. The highest BCUT2D eigenvalue weighted by Gasteiger charge is 2.23. The van der Waals surface area contributed by atoms with E-state index in [9.17, 15) is 23.7 Å². The Balaban J connectivity index is 2.24. The molecule has 1 aromatic heterocycles. The number of benzene rings is 1. The number of hydrogen-bond donors (Lipinski definition) is 2. The van der Waals surface area contributed by atoms with Crippen molar-refractivity contribution >= 4 is 11.6 Å². The first-order valence-corrected chi connectivity index (χ1v) is 5.52. The second kappa shape index (κ2) is 5.47. The first-order valence-electron chi connectivity index (χ1n) is 5.52. The molecule has 2 aromatic rings. The van der Waals surface area contributed by atoms with Crippen molar-refractivity contribution in [3.8, 4) is 0 Å². The van der Waals surface area contributed by atoms with E-state index in [1.54, 1.807) is 18.5 Å². The van der Waals surface area contributed by atoms with Crippen LogP contribution in [0.3, 0.4) is 0 Å². The lowest BCUT2D eigenvalue weighted by molar-refractivity contribution is -0.385. The Kier molecular flexibility index (Phi) is 3.74. The third-order valence-electron chi connectivity index (χ3n) is 2.60. The van der Waals surface area contributed by atoms with Gasteiger partial charge in [0.1, 0.15) is 5.56 Å². The van der Waals surface area contributed by atoms with Gasteiger partial charge in [0.25, 0.3) is 11.6 Å². The first-order chi connectivity index (χ1) is 9.49. The third-order valence-corrected chi connectivity index (χ3v) is 2.60. The number of hydrogen-bond acceptors (Lipinski definition) is 3. The van der Waals surface area contributed by atoms with Gasteiger partial charge in [-0.3, -0.25) is 14.9 Å². The van der Waals surface area contributed by atoms with E-state index in [1.807, 2.05) is 0 Å². The molecule has 8 heteroatoms. The van der Waals surface area contributed by atoms with Crippen molar-refractivity contribution in [2.24, 2.45) is 0 Å². The molecule has 2 rings (SSSR count). The molecule has 0 spiro atoms. The van der Waals surface area contributed by atoms with Crippen molar-refractivity contribution < 1.29 is 18.5 Å². The summed E-state index contributed by atoms with van der Waals surface area (Å²) in [7, 11) is 0. The molecule has 0 atom stereocenters. The minimum absolute atomic E-state index is 0.110. The predicted octanol–water partition coefficient (Wildman–Crippen LogP) is 2.13. The zero-order chi connectivity index (χ0) is 14.7. The molecule has 0 unspecified atom stereocenters. The Morgan fingerprint density at radius 1 is 1.35 bits per heavy atom.